The summed E-state index contributed by atoms with van der Waals surface area (Å²) in [6.07, 6.45) is -0.334. The van der Waals surface area contributed by atoms with Crippen LogP contribution in [0.15, 0.2) is 41.3 Å². The second-order valence-corrected chi connectivity index (χ2v) is 12.6. The minimum Gasteiger partial charge on any atom is -0.494 e. The molecule has 1 amide bonds. The number of hydrogen-bond donors (Lipinski definition) is 0. The summed E-state index contributed by atoms with van der Waals surface area (Å²) in [7, 11) is -2.05. The number of amides is 1. The number of anilines is 1. The van der Waals surface area contributed by atoms with Gasteiger partial charge in [0.2, 0.25) is 10.0 Å². The van der Waals surface area contributed by atoms with E-state index in [1.54, 1.807) is 30.2 Å². The monoisotopic (exact) mass is 564 g/mol. The number of methoxy groups -OCH3 is 1. The molecule has 2 fully saturated rings. The fourth-order valence-corrected chi connectivity index (χ4v) is 7.67. The summed E-state index contributed by atoms with van der Waals surface area (Å²) >= 11 is 7.88. The summed E-state index contributed by atoms with van der Waals surface area (Å²) in [6.45, 7) is 6.67. The Bertz CT molecular complexity index is 1390. The van der Waals surface area contributed by atoms with Crippen LogP contribution in [-0.2, 0) is 14.8 Å². The third-order valence-corrected chi connectivity index (χ3v) is 10.1. The van der Waals surface area contributed by atoms with Crippen LogP contribution < -0.4 is 9.64 Å². The Morgan fingerprint density at radius 3 is 2.32 bits per heavy atom. The first-order chi connectivity index (χ1) is 17.7. The highest BCUT2D eigenvalue weighted by atomic mass is 35.5. The van der Waals surface area contributed by atoms with Gasteiger partial charge in [-0.3, -0.25) is 4.79 Å². The van der Waals surface area contributed by atoms with Gasteiger partial charge in [-0.05, 0) is 50.2 Å². The highest BCUT2D eigenvalue weighted by Crippen LogP contribution is 2.39. The lowest BCUT2D eigenvalue weighted by Gasteiger charge is -2.35. The smallest absolute Gasteiger partial charge is 0.253 e. The number of fused-ring (bicyclic) bond motifs is 1. The SMILES string of the molecule is COc1ccc(Cl)c2sc(N3CCN(C(=O)c4ccc(S(=O)(=O)N5CC(C)OC(C)C5)cc4)CC3)nc12. The van der Waals surface area contributed by atoms with E-state index in [1.165, 1.54) is 27.8 Å². The number of aromatic nitrogens is 1. The van der Waals surface area contributed by atoms with Gasteiger partial charge in [-0.25, -0.2) is 13.4 Å². The van der Waals surface area contributed by atoms with E-state index in [0.29, 0.717) is 55.6 Å². The van der Waals surface area contributed by atoms with Gasteiger partial charge in [0.15, 0.2) is 5.13 Å². The molecule has 0 N–H and O–H groups in total. The summed E-state index contributed by atoms with van der Waals surface area (Å²) in [5.74, 6) is 0.560. The van der Waals surface area contributed by atoms with Crippen molar-refractivity contribution in [3.05, 3.63) is 47.0 Å². The van der Waals surface area contributed by atoms with Crippen LogP contribution in [0.5, 0.6) is 5.75 Å². The number of halogens is 1. The second-order valence-electron chi connectivity index (χ2n) is 9.31. The summed E-state index contributed by atoms with van der Waals surface area (Å²) in [5.41, 5.74) is 1.21. The van der Waals surface area contributed by atoms with Gasteiger partial charge >= 0.3 is 0 Å². The molecule has 2 aromatic carbocycles. The number of hydrogen-bond acceptors (Lipinski definition) is 8. The van der Waals surface area contributed by atoms with Crippen molar-refractivity contribution in [2.45, 2.75) is 31.0 Å². The molecule has 0 aliphatic carbocycles. The zero-order valence-electron chi connectivity index (χ0n) is 20.9. The molecular formula is C25H29ClN4O5S2. The van der Waals surface area contributed by atoms with Crippen LogP contribution in [-0.4, -0.2) is 87.1 Å². The highest BCUT2D eigenvalue weighted by Gasteiger charge is 2.32. The molecule has 0 radical (unpaired) electrons. The van der Waals surface area contributed by atoms with Crippen LogP contribution in [0.4, 0.5) is 5.13 Å². The molecule has 0 bridgehead atoms. The Morgan fingerprint density at radius 2 is 1.70 bits per heavy atom. The fourth-order valence-electron chi connectivity index (χ4n) is 4.77. The van der Waals surface area contributed by atoms with Gasteiger partial charge in [-0.2, -0.15) is 4.31 Å². The molecule has 2 aliphatic rings. The molecule has 2 unspecified atom stereocenters. The molecule has 3 heterocycles. The van der Waals surface area contributed by atoms with E-state index in [-0.39, 0.29) is 23.0 Å². The molecule has 0 saturated carbocycles. The fraction of sp³-hybridized carbons (Fsp3) is 0.440. The normalized spacial score (nSPS) is 21.4. The molecule has 37 heavy (non-hydrogen) atoms. The van der Waals surface area contributed by atoms with Crippen molar-refractivity contribution < 1.29 is 22.7 Å². The molecule has 3 aromatic rings. The lowest BCUT2D eigenvalue weighted by atomic mass is 10.2. The predicted molar refractivity (Wildman–Crippen MR) is 145 cm³/mol. The summed E-state index contributed by atoms with van der Waals surface area (Å²) in [4.78, 5) is 22.0. The number of piperazine rings is 1. The van der Waals surface area contributed by atoms with Gasteiger partial charge in [-0.1, -0.05) is 22.9 Å². The van der Waals surface area contributed by atoms with Gasteiger partial charge in [0.25, 0.3) is 5.91 Å². The number of thiazole rings is 1. The average Bonchev–Trinajstić information content (AvgIpc) is 3.35. The number of morpholine rings is 1. The van der Waals surface area contributed by atoms with Crippen LogP contribution in [0.3, 0.4) is 0 Å². The molecule has 9 nitrogen and oxygen atoms in total. The van der Waals surface area contributed by atoms with Gasteiger partial charge in [0.1, 0.15) is 11.3 Å². The first-order valence-corrected chi connectivity index (χ1v) is 14.7. The average molecular weight is 565 g/mol. The first kappa shape index (κ1) is 26.2. The number of ether oxygens (including phenoxy) is 2. The molecule has 1 aromatic heterocycles. The van der Waals surface area contributed by atoms with Gasteiger partial charge < -0.3 is 19.3 Å². The third kappa shape index (κ3) is 5.15. The molecule has 5 rings (SSSR count). The van der Waals surface area contributed by atoms with Crippen molar-refractivity contribution >= 4 is 54.2 Å². The Morgan fingerprint density at radius 1 is 1.05 bits per heavy atom. The van der Waals surface area contributed by atoms with Crippen molar-refractivity contribution in [1.82, 2.24) is 14.2 Å². The van der Waals surface area contributed by atoms with Gasteiger partial charge in [0.05, 0.1) is 33.9 Å². The van der Waals surface area contributed by atoms with Crippen molar-refractivity contribution in [3.8, 4) is 5.75 Å². The Hall–Kier alpha value is -2.44. The van der Waals surface area contributed by atoms with Crippen molar-refractivity contribution in [2.24, 2.45) is 0 Å². The van der Waals surface area contributed by atoms with Crippen LogP contribution in [0.1, 0.15) is 24.2 Å². The maximum Gasteiger partial charge on any atom is 0.253 e. The molecule has 2 saturated heterocycles. The highest BCUT2D eigenvalue weighted by molar-refractivity contribution is 7.89. The van der Waals surface area contributed by atoms with Crippen molar-refractivity contribution in [1.29, 1.82) is 0 Å². The molecule has 2 aliphatic heterocycles. The lowest BCUT2D eigenvalue weighted by Crippen LogP contribution is -2.48. The second kappa shape index (κ2) is 10.4. The third-order valence-electron chi connectivity index (χ3n) is 6.63. The quantitative estimate of drug-likeness (QED) is 0.466. The lowest BCUT2D eigenvalue weighted by molar-refractivity contribution is -0.0440. The Labute approximate surface area is 225 Å². The van der Waals surface area contributed by atoms with Crippen LogP contribution in [0.25, 0.3) is 10.2 Å². The summed E-state index contributed by atoms with van der Waals surface area (Å²) < 4.78 is 39.6. The number of nitrogens with zero attached hydrogens (tertiary/aromatic N) is 4. The summed E-state index contributed by atoms with van der Waals surface area (Å²) in [5, 5.41) is 1.48. The van der Waals surface area contributed by atoms with E-state index in [0.717, 1.165) is 15.3 Å². The molecule has 2 atom stereocenters. The van der Waals surface area contributed by atoms with E-state index < -0.39 is 10.0 Å². The van der Waals surface area contributed by atoms with E-state index in [4.69, 9.17) is 26.1 Å². The molecule has 0 spiro atoms. The maximum atomic E-state index is 13.1. The molecule has 198 valence electrons. The Balaban J connectivity index is 1.24. The Kier molecular flexibility index (Phi) is 7.34. The predicted octanol–water partition coefficient (Wildman–Crippen LogP) is 3.72. The van der Waals surface area contributed by atoms with Crippen molar-refractivity contribution in [3.63, 3.8) is 0 Å². The number of sulfonamides is 1. The maximum absolute atomic E-state index is 13.1. The summed E-state index contributed by atoms with van der Waals surface area (Å²) in [6, 6.07) is 9.83. The van der Waals surface area contributed by atoms with Crippen LogP contribution >= 0.6 is 22.9 Å². The van der Waals surface area contributed by atoms with E-state index in [9.17, 15) is 13.2 Å². The minimum absolute atomic E-state index is 0.119. The van der Waals surface area contributed by atoms with Gasteiger partial charge in [-0.15, -0.1) is 0 Å². The van der Waals surface area contributed by atoms with Crippen LogP contribution in [0.2, 0.25) is 5.02 Å². The number of benzene rings is 2. The van der Waals surface area contributed by atoms with Gasteiger partial charge in [0, 0.05) is 44.8 Å². The topological polar surface area (TPSA) is 92.3 Å². The van der Waals surface area contributed by atoms with E-state index in [1.807, 2.05) is 19.9 Å². The van der Waals surface area contributed by atoms with Crippen LogP contribution in [0, 0.1) is 0 Å². The van der Waals surface area contributed by atoms with E-state index >= 15 is 0 Å². The largest absolute Gasteiger partial charge is 0.494 e. The van der Waals surface area contributed by atoms with E-state index in [2.05, 4.69) is 4.90 Å². The first-order valence-electron chi connectivity index (χ1n) is 12.1. The van der Waals surface area contributed by atoms with Crippen molar-refractivity contribution in [2.75, 3.05) is 51.3 Å². The minimum atomic E-state index is -3.65. The number of rotatable bonds is 5. The molecular weight excluding hydrogens is 536 g/mol. The zero-order valence-corrected chi connectivity index (χ0v) is 23.3. The molecule has 12 heteroatoms. The standard InChI is InChI=1S/C25H29ClN4O5S2/c1-16-14-30(15-17(2)35-16)37(32,33)19-6-4-18(5-7-19)24(31)28-10-12-29(13-11-28)25-27-22-21(34-3)9-8-20(26)23(22)36-25/h4-9,16-17H,10-15H2,1-3H3. The zero-order chi connectivity index (χ0) is 26.3. The number of carbonyl (C=O) groups is 1. The number of carbonyl (C=O) groups excluding carboxylic acids is 1.